The zero-order valence-corrected chi connectivity index (χ0v) is 10.5. The lowest BCUT2D eigenvalue weighted by atomic mass is 10.0. The molecule has 0 saturated carbocycles. The smallest absolute Gasteiger partial charge is 0.413 e. The van der Waals surface area contributed by atoms with E-state index in [1.807, 2.05) is 36.4 Å². The molecule has 2 aliphatic heterocycles. The summed E-state index contributed by atoms with van der Waals surface area (Å²) in [5.41, 5.74) is 1.90. The molecule has 0 bridgehead atoms. The van der Waals surface area contributed by atoms with Gasteiger partial charge in [-0.15, -0.1) is 0 Å². The number of allylic oxidation sites excluding steroid dienone is 1. The van der Waals surface area contributed by atoms with Gasteiger partial charge in [-0.3, -0.25) is 4.90 Å². The Morgan fingerprint density at radius 2 is 2.05 bits per heavy atom. The van der Waals surface area contributed by atoms with Crippen molar-refractivity contribution in [2.75, 3.05) is 6.61 Å². The Morgan fingerprint density at radius 3 is 2.79 bits per heavy atom. The first kappa shape index (κ1) is 11.8. The van der Waals surface area contributed by atoms with E-state index in [2.05, 4.69) is 6.58 Å². The SMILES string of the molecule is C=C1CC=CO[C@@H]1N1C(=O)OC[C@H]1c1ccccc1. The Kier molecular flexibility index (Phi) is 2.99. The summed E-state index contributed by atoms with van der Waals surface area (Å²) >= 11 is 0. The van der Waals surface area contributed by atoms with Crippen LogP contribution >= 0.6 is 0 Å². The van der Waals surface area contributed by atoms with Crippen LogP contribution in [0.5, 0.6) is 0 Å². The largest absolute Gasteiger partial charge is 0.474 e. The highest BCUT2D eigenvalue weighted by molar-refractivity contribution is 5.71. The van der Waals surface area contributed by atoms with Crippen LogP contribution in [0.25, 0.3) is 0 Å². The summed E-state index contributed by atoms with van der Waals surface area (Å²) in [5.74, 6) is 0. The first-order valence-corrected chi connectivity index (χ1v) is 6.25. The summed E-state index contributed by atoms with van der Waals surface area (Å²) in [4.78, 5) is 13.6. The van der Waals surface area contributed by atoms with E-state index in [1.54, 1.807) is 11.2 Å². The fraction of sp³-hybridized carbons (Fsp3) is 0.267. The highest BCUT2D eigenvalue weighted by Crippen LogP contribution is 2.33. The zero-order chi connectivity index (χ0) is 13.2. The lowest BCUT2D eigenvalue weighted by Crippen LogP contribution is -2.40. The molecular formula is C15H15NO3. The van der Waals surface area contributed by atoms with Crippen LogP contribution in [0.1, 0.15) is 18.0 Å². The van der Waals surface area contributed by atoms with Gasteiger partial charge in [0.1, 0.15) is 6.61 Å². The maximum Gasteiger partial charge on any atom is 0.413 e. The molecule has 1 fully saturated rings. The van der Waals surface area contributed by atoms with Crippen LogP contribution in [0, 0.1) is 0 Å². The van der Waals surface area contributed by atoms with Crippen molar-refractivity contribution in [1.29, 1.82) is 0 Å². The standard InChI is InChI=1S/C15H15NO3/c1-11-6-5-9-18-14(11)16-13(10-19-15(16)17)12-7-3-2-4-8-12/h2-5,7-9,13-14H,1,6,10H2/t13-,14-/m0/s1. The number of hydrogen-bond acceptors (Lipinski definition) is 3. The average Bonchev–Trinajstić information content (AvgIpc) is 2.82. The molecule has 19 heavy (non-hydrogen) atoms. The molecular weight excluding hydrogens is 242 g/mol. The molecule has 3 rings (SSSR count). The van der Waals surface area contributed by atoms with Gasteiger partial charge in [-0.1, -0.05) is 36.9 Å². The van der Waals surface area contributed by atoms with Crippen molar-refractivity contribution in [3.05, 3.63) is 60.4 Å². The van der Waals surface area contributed by atoms with E-state index < -0.39 is 6.23 Å². The number of rotatable bonds is 2. The van der Waals surface area contributed by atoms with Gasteiger partial charge < -0.3 is 9.47 Å². The zero-order valence-electron chi connectivity index (χ0n) is 10.5. The predicted molar refractivity (Wildman–Crippen MR) is 70.1 cm³/mol. The molecule has 1 amide bonds. The van der Waals surface area contributed by atoms with Gasteiger partial charge in [0, 0.05) is 0 Å². The quantitative estimate of drug-likeness (QED) is 0.764. The molecule has 4 nitrogen and oxygen atoms in total. The van der Waals surface area contributed by atoms with Crippen molar-refractivity contribution in [3.8, 4) is 0 Å². The molecule has 1 aromatic carbocycles. The lowest BCUT2D eigenvalue weighted by molar-refractivity contribution is 0.0258. The van der Waals surface area contributed by atoms with Crippen molar-refractivity contribution < 1.29 is 14.3 Å². The fourth-order valence-corrected chi connectivity index (χ4v) is 2.41. The molecule has 1 aromatic rings. The second-order valence-corrected chi connectivity index (χ2v) is 4.63. The predicted octanol–water partition coefficient (Wildman–Crippen LogP) is 3.00. The normalized spacial score (nSPS) is 26.2. The van der Waals surface area contributed by atoms with Crippen LogP contribution in [0.15, 0.2) is 54.8 Å². The molecule has 4 heteroatoms. The highest BCUT2D eigenvalue weighted by atomic mass is 16.6. The summed E-state index contributed by atoms with van der Waals surface area (Å²) in [7, 11) is 0. The van der Waals surface area contributed by atoms with Gasteiger partial charge >= 0.3 is 6.09 Å². The van der Waals surface area contributed by atoms with Gasteiger partial charge in [0.05, 0.1) is 12.3 Å². The van der Waals surface area contributed by atoms with E-state index in [0.717, 1.165) is 17.6 Å². The number of ether oxygens (including phenoxy) is 2. The van der Waals surface area contributed by atoms with Gasteiger partial charge in [-0.2, -0.15) is 0 Å². The van der Waals surface area contributed by atoms with Gasteiger partial charge in [-0.05, 0) is 23.6 Å². The Labute approximate surface area is 111 Å². The molecule has 0 aliphatic carbocycles. The fourth-order valence-electron chi connectivity index (χ4n) is 2.41. The van der Waals surface area contributed by atoms with E-state index in [4.69, 9.17) is 9.47 Å². The molecule has 0 radical (unpaired) electrons. The van der Waals surface area contributed by atoms with Crippen molar-refractivity contribution in [2.45, 2.75) is 18.7 Å². The molecule has 0 aromatic heterocycles. The monoisotopic (exact) mass is 257 g/mol. The van der Waals surface area contributed by atoms with E-state index >= 15 is 0 Å². The molecule has 98 valence electrons. The molecule has 2 aliphatic rings. The Balaban J connectivity index is 1.91. The lowest BCUT2D eigenvalue weighted by Gasteiger charge is -2.32. The van der Waals surface area contributed by atoms with Crippen molar-refractivity contribution >= 4 is 6.09 Å². The molecule has 2 atom stereocenters. The second kappa shape index (κ2) is 4.80. The summed E-state index contributed by atoms with van der Waals surface area (Å²) in [6, 6.07) is 9.70. The van der Waals surface area contributed by atoms with Crippen LogP contribution in [0.3, 0.4) is 0 Å². The van der Waals surface area contributed by atoms with Crippen LogP contribution in [0.2, 0.25) is 0 Å². The molecule has 0 unspecified atom stereocenters. The number of nitrogens with zero attached hydrogens (tertiary/aromatic N) is 1. The summed E-state index contributed by atoms with van der Waals surface area (Å²) in [6.07, 6.45) is 3.43. The van der Waals surface area contributed by atoms with Crippen molar-refractivity contribution in [3.63, 3.8) is 0 Å². The Hall–Kier alpha value is -2.23. The molecule has 0 N–H and O–H groups in total. The third kappa shape index (κ3) is 2.10. The highest BCUT2D eigenvalue weighted by Gasteiger charge is 2.41. The maximum absolute atomic E-state index is 12.0. The Bertz CT molecular complexity index is 523. The number of hydrogen-bond donors (Lipinski definition) is 0. The van der Waals surface area contributed by atoms with Gasteiger partial charge in [-0.25, -0.2) is 4.79 Å². The van der Waals surface area contributed by atoms with E-state index in [-0.39, 0.29) is 12.1 Å². The topological polar surface area (TPSA) is 38.8 Å². The van der Waals surface area contributed by atoms with Crippen molar-refractivity contribution in [2.24, 2.45) is 0 Å². The number of benzene rings is 1. The summed E-state index contributed by atoms with van der Waals surface area (Å²) in [6.45, 7) is 4.32. The van der Waals surface area contributed by atoms with Crippen LogP contribution in [-0.2, 0) is 9.47 Å². The van der Waals surface area contributed by atoms with Gasteiger partial charge in [0.25, 0.3) is 0 Å². The first-order chi connectivity index (χ1) is 9.27. The number of carbonyl (C=O) groups is 1. The van der Waals surface area contributed by atoms with E-state index in [9.17, 15) is 4.79 Å². The number of carbonyl (C=O) groups excluding carboxylic acids is 1. The minimum absolute atomic E-state index is 0.123. The third-order valence-electron chi connectivity index (χ3n) is 3.38. The number of amides is 1. The number of cyclic esters (lactones) is 1. The molecule has 2 heterocycles. The van der Waals surface area contributed by atoms with Gasteiger partial charge in [0.2, 0.25) is 0 Å². The van der Waals surface area contributed by atoms with E-state index in [1.165, 1.54) is 0 Å². The van der Waals surface area contributed by atoms with Crippen molar-refractivity contribution in [1.82, 2.24) is 4.90 Å². The molecule has 1 saturated heterocycles. The summed E-state index contributed by atoms with van der Waals surface area (Å²) in [5, 5.41) is 0. The van der Waals surface area contributed by atoms with Gasteiger partial charge in [0.15, 0.2) is 6.23 Å². The third-order valence-corrected chi connectivity index (χ3v) is 3.38. The van der Waals surface area contributed by atoms with Crippen LogP contribution < -0.4 is 0 Å². The Morgan fingerprint density at radius 1 is 1.26 bits per heavy atom. The molecule has 0 spiro atoms. The minimum Gasteiger partial charge on any atom is -0.474 e. The minimum atomic E-state index is -0.440. The van der Waals surface area contributed by atoms with Crippen LogP contribution in [0.4, 0.5) is 4.79 Å². The first-order valence-electron chi connectivity index (χ1n) is 6.25. The van der Waals surface area contributed by atoms with Crippen LogP contribution in [-0.4, -0.2) is 23.8 Å². The summed E-state index contributed by atoms with van der Waals surface area (Å²) < 4.78 is 10.7. The second-order valence-electron chi connectivity index (χ2n) is 4.63. The van der Waals surface area contributed by atoms with E-state index in [0.29, 0.717) is 6.61 Å². The average molecular weight is 257 g/mol. The maximum atomic E-state index is 12.0.